The van der Waals surface area contributed by atoms with Gasteiger partial charge in [-0.25, -0.2) is 0 Å². The van der Waals surface area contributed by atoms with Gasteiger partial charge in [-0.2, -0.15) is 0 Å². The van der Waals surface area contributed by atoms with Crippen LogP contribution in [0.15, 0.2) is 66.7 Å². The SMILES string of the molecule is Cc1ccc(CNC(=O)c2cccc(C(=O)Nc3ccc4c(c3)OCO4)c2)cc1. The lowest BCUT2D eigenvalue weighted by atomic mass is 10.1. The van der Waals surface area contributed by atoms with Crippen molar-refractivity contribution in [3.8, 4) is 11.5 Å². The Kier molecular flexibility index (Phi) is 5.16. The Morgan fingerprint density at radius 3 is 2.38 bits per heavy atom. The van der Waals surface area contributed by atoms with Crippen molar-refractivity contribution in [2.24, 2.45) is 0 Å². The Balaban J connectivity index is 1.41. The van der Waals surface area contributed by atoms with Gasteiger partial charge in [-0.1, -0.05) is 35.9 Å². The van der Waals surface area contributed by atoms with Crippen molar-refractivity contribution < 1.29 is 19.1 Å². The minimum absolute atomic E-state index is 0.173. The molecule has 1 heterocycles. The first-order valence-electron chi connectivity index (χ1n) is 9.23. The van der Waals surface area contributed by atoms with Gasteiger partial charge in [0.15, 0.2) is 11.5 Å². The quantitative estimate of drug-likeness (QED) is 0.695. The first-order chi connectivity index (χ1) is 14.1. The zero-order valence-electron chi connectivity index (χ0n) is 15.9. The highest BCUT2D eigenvalue weighted by Crippen LogP contribution is 2.34. The number of fused-ring (bicyclic) bond motifs is 1. The molecule has 0 atom stereocenters. The molecule has 6 nitrogen and oxygen atoms in total. The lowest BCUT2D eigenvalue weighted by Gasteiger charge is -2.09. The van der Waals surface area contributed by atoms with Crippen molar-refractivity contribution in [1.82, 2.24) is 5.32 Å². The third-order valence-electron chi connectivity index (χ3n) is 4.59. The summed E-state index contributed by atoms with van der Waals surface area (Å²) in [5.74, 6) is 0.697. The number of aryl methyl sites for hydroxylation is 1. The average molecular weight is 388 g/mol. The molecule has 2 amide bonds. The molecule has 0 fully saturated rings. The highest BCUT2D eigenvalue weighted by Gasteiger charge is 2.15. The lowest BCUT2D eigenvalue weighted by Crippen LogP contribution is -2.23. The number of nitrogens with one attached hydrogen (secondary N) is 2. The Morgan fingerprint density at radius 2 is 1.59 bits per heavy atom. The van der Waals surface area contributed by atoms with Gasteiger partial charge in [0.1, 0.15) is 0 Å². The van der Waals surface area contributed by atoms with Gasteiger partial charge in [-0.3, -0.25) is 9.59 Å². The summed E-state index contributed by atoms with van der Waals surface area (Å²) >= 11 is 0. The van der Waals surface area contributed by atoms with Crippen LogP contribution in [0.1, 0.15) is 31.8 Å². The molecule has 0 radical (unpaired) electrons. The zero-order valence-corrected chi connectivity index (χ0v) is 15.9. The maximum atomic E-state index is 12.6. The molecule has 0 aliphatic carbocycles. The molecule has 3 aromatic rings. The Morgan fingerprint density at radius 1 is 0.862 bits per heavy atom. The van der Waals surface area contributed by atoms with Crippen molar-refractivity contribution >= 4 is 17.5 Å². The predicted octanol–water partition coefficient (Wildman–Crippen LogP) is 3.91. The number of anilines is 1. The molecule has 2 N–H and O–H groups in total. The van der Waals surface area contributed by atoms with Crippen LogP contribution in [0.2, 0.25) is 0 Å². The molecule has 1 aliphatic heterocycles. The van der Waals surface area contributed by atoms with E-state index in [2.05, 4.69) is 10.6 Å². The highest BCUT2D eigenvalue weighted by molar-refractivity contribution is 6.06. The molecule has 0 saturated heterocycles. The first-order valence-corrected chi connectivity index (χ1v) is 9.23. The molecule has 4 rings (SSSR count). The predicted molar refractivity (Wildman–Crippen MR) is 109 cm³/mol. The van der Waals surface area contributed by atoms with Crippen molar-refractivity contribution in [3.05, 3.63) is 89.0 Å². The van der Waals surface area contributed by atoms with Crippen molar-refractivity contribution in [3.63, 3.8) is 0 Å². The van der Waals surface area contributed by atoms with Gasteiger partial charge in [0, 0.05) is 29.4 Å². The van der Waals surface area contributed by atoms with E-state index in [-0.39, 0.29) is 18.6 Å². The Hall–Kier alpha value is -3.80. The van der Waals surface area contributed by atoms with E-state index in [1.807, 2.05) is 31.2 Å². The lowest BCUT2D eigenvalue weighted by molar-refractivity contribution is 0.0951. The van der Waals surface area contributed by atoms with Crippen LogP contribution in [0.5, 0.6) is 11.5 Å². The minimum atomic E-state index is -0.308. The smallest absolute Gasteiger partial charge is 0.255 e. The van der Waals surface area contributed by atoms with Gasteiger partial charge in [-0.05, 0) is 42.8 Å². The number of rotatable bonds is 5. The zero-order chi connectivity index (χ0) is 20.2. The second-order valence-corrected chi connectivity index (χ2v) is 6.77. The molecular weight excluding hydrogens is 368 g/mol. The molecule has 0 bridgehead atoms. The number of amides is 2. The monoisotopic (exact) mass is 388 g/mol. The van der Waals surface area contributed by atoms with Crippen LogP contribution in [-0.2, 0) is 6.54 Å². The summed E-state index contributed by atoms with van der Waals surface area (Å²) in [6.07, 6.45) is 0. The van der Waals surface area contributed by atoms with E-state index in [4.69, 9.17) is 9.47 Å². The van der Waals surface area contributed by atoms with Crippen molar-refractivity contribution in [2.45, 2.75) is 13.5 Å². The summed E-state index contributed by atoms with van der Waals surface area (Å²) in [4.78, 5) is 25.1. The largest absolute Gasteiger partial charge is 0.454 e. The van der Waals surface area contributed by atoms with Gasteiger partial charge in [0.25, 0.3) is 11.8 Å². The van der Waals surface area contributed by atoms with Crippen LogP contribution >= 0.6 is 0 Å². The summed E-state index contributed by atoms with van der Waals surface area (Å²) in [6, 6.07) is 19.8. The number of hydrogen-bond acceptors (Lipinski definition) is 4. The van der Waals surface area contributed by atoms with E-state index in [0.29, 0.717) is 34.9 Å². The standard InChI is InChI=1S/C23H20N2O4/c1-15-5-7-16(8-6-15)13-24-22(26)17-3-2-4-18(11-17)23(27)25-19-9-10-20-21(12-19)29-14-28-20/h2-12H,13-14H2,1H3,(H,24,26)(H,25,27). The van der Waals surface area contributed by atoms with Gasteiger partial charge in [-0.15, -0.1) is 0 Å². The molecule has 0 aromatic heterocycles. The number of carbonyl (C=O) groups excluding carboxylic acids is 2. The van der Waals surface area contributed by atoms with E-state index in [1.165, 1.54) is 5.56 Å². The van der Waals surface area contributed by atoms with E-state index in [9.17, 15) is 9.59 Å². The van der Waals surface area contributed by atoms with Crippen LogP contribution in [0.3, 0.4) is 0 Å². The topological polar surface area (TPSA) is 76.7 Å². The summed E-state index contributed by atoms with van der Waals surface area (Å²) < 4.78 is 10.6. The van der Waals surface area contributed by atoms with Gasteiger partial charge < -0.3 is 20.1 Å². The molecule has 0 unspecified atom stereocenters. The molecule has 3 aromatic carbocycles. The van der Waals surface area contributed by atoms with Crippen LogP contribution < -0.4 is 20.1 Å². The fourth-order valence-electron chi connectivity index (χ4n) is 2.97. The van der Waals surface area contributed by atoms with Gasteiger partial charge in [0.2, 0.25) is 6.79 Å². The molecule has 1 aliphatic rings. The number of benzene rings is 3. The fraction of sp³-hybridized carbons (Fsp3) is 0.130. The summed E-state index contributed by atoms with van der Waals surface area (Å²) in [7, 11) is 0. The summed E-state index contributed by atoms with van der Waals surface area (Å²) in [5, 5.41) is 5.69. The van der Waals surface area contributed by atoms with Crippen LogP contribution in [0.4, 0.5) is 5.69 Å². The third-order valence-corrected chi connectivity index (χ3v) is 4.59. The maximum absolute atomic E-state index is 12.6. The molecule has 29 heavy (non-hydrogen) atoms. The van der Waals surface area contributed by atoms with Crippen LogP contribution in [-0.4, -0.2) is 18.6 Å². The highest BCUT2D eigenvalue weighted by atomic mass is 16.7. The Bertz CT molecular complexity index is 1060. The second kappa shape index (κ2) is 8.06. The van der Waals surface area contributed by atoms with Crippen LogP contribution in [0, 0.1) is 6.92 Å². The summed E-state index contributed by atoms with van der Waals surface area (Å²) in [5.41, 5.74) is 3.59. The summed E-state index contributed by atoms with van der Waals surface area (Å²) in [6.45, 7) is 2.61. The number of ether oxygens (including phenoxy) is 2. The molecule has 6 heteroatoms. The van der Waals surface area contributed by atoms with Crippen molar-refractivity contribution in [2.75, 3.05) is 12.1 Å². The fourth-order valence-corrected chi connectivity index (χ4v) is 2.97. The van der Waals surface area contributed by atoms with E-state index in [0.717, 1.165) is 5.56 Å². The molecule has 0 spiro atoms. The van der Waals surface area contributed by atoms with Crippen molar-refractivity contribution in [1.29, 1.82) is 0 Å². The van der Waals surface area contributed by atoms with E-state index < -0.39 is 0 Å². The number of carbonyl (C=O) groups is 2. The maximum Gasteiger partial charge on any atom is 0.255 e. The first kappa shape index (κ1) is 18.6. The van der Waals surface area contributed by atoms with Gasteiger partial charge >= 0.3 is 0 Å². The molecular formula is C23H20N2O4. The van der Waals surface area contributed by atoms with E-state index >= 15 is 0 Å². The third kappa shape index (κ3) is 4.38. The molecule has 146 valence electrons. The molecule has 0 saturated carbocycles. The normalized spacial score (nSPS) is 11.8. The second-order valence-electron chi connectivity index (χ2n) is 6.77. The number of hydrogen-bond donors (Lipinski definition) is 2. The van der Waals surface area contributed by atoms with Crippen LogP contribution in [0.25, 0.3) is 0 Å². The average Bonchev–Trinajstić information content (AvgIpc) is 3.21. The van der Waals surface area contributed by atoms with E-state index in [1.54, 1.807) is 42.5 Å². The van der Waals surface area contributed by atoms with Gasteiger partial charge in [0.05, 0.1) is 0 Å². The minimum Gasteiger partial charge on any atom is -0.454 e. The Labute approximate surface area is 168 Å².